The fourth-order valence-electron chi connectivity index (χ4n) is 0.489. The number of rotatable bonds is 2. The summed E-state index contributed by atoms with van der Waals surface area (Å²) in [6.45, 7) is 0. The molecule has 0 unspecified atom stereocenters. The van der Waals surface area contributed by atoms with Gasteiger partial charge in [0.2, 0.25) is 0 Å². The first-order valence-electron chi connectivity index (χ1n) is 2.53. The van der Waals surface area contributed by atoms with E-state index >= 15 is 0 Å². The Bertz CT molecular complexity index is 226. The number of hydrogen-bond acceptors (Lipinski definition) is 2. The van der Waals surface area contributed by atoms with Gasteiger partial charge in [-0.1, -0.05) is 0 Å². The average molecular weight is 158 g/mol. The molecule has 0 aliphatic heterocycles. The molecule has 1 N–H and O–H groups in total. The van der Waals surface area contributed by atoms with Gasteiger partial charge in [-0.15, -0.1) is 0 Å². The van der Waals surface area contributed by atoms with Crippen molar-refractivity contribution in [2.45, 2.75) is 0 Å². The van der Waals surface area contributed by atoms with Gasteiger partial charge in [-0.05, 0) is 12.1 Å². The number of aromatic nitrogens is 1. The zero-order chi connectivity index (χ0) is 7.40. The maximum absolute atomic E-state index is 12.2. The topological polar surface area (TPSA) is 42.0 Å². The van der Waals surface area contributed by atoms with E-state index in [9.17, 15) is 8.96 Å². The lowest BCUT2D eigenvalue weighted by Crippen LogP contribution is -1.85. The SMILES string of the molecule is O=PNc1ccc(F)cn1. The Morgan fingerprint density at radius 1 is 1.60 bits per heavy atom. The van der Waals surface area contributed by atoms with Crippen LogP contribution in [0, 0.1) is 5.82 Å². The first kappa shape index (κ1) is 7.09. The van der Waals surface area contributed by atoms with Gasteiger partial charge in [0.25, 0.3) is 8.61 Å². The predicted octanol–water partition coefficient (Wildman–Crippen LogP) is 1.84. The Morgan fingerprint density at radius 3 is 2.90 bits per heavy atom. The minimum atomic E-state index is -0.409. The summed E-state index contributed by atoms with van der Waals surface area (Å²) >= 11 is 0. The maximum Gasteiger partial charge on any atom is 0.280 e. The number of anilines is 1. The van der Waals surface area contributed by atoms with Crippen molar-refractivity contribution in [1.29, 1.82) is 0 Å². The van der Waals surface area contributed by atoms with E-state index in [1.54, 1.807) is 0 Å². The maximum atomic E-state index is 12.2. The van der Waals surface area contributed by atoms with E-state index in [1.165, 1.54) is 12.1 Å². The van der Waals surface area contributed by atoms with E-state index in [0.29, 0.717) is 5.82 Å². The summed E-state index contributed by atoms with van der Waals surface area (Å²) < 4.78 is 22.1. The second-order valence-corrected chi connectivity index (χ2v) is 1.97. The molecule has 0 saturated heterocycles. The summed E-state index contributed by atoms with van der Waals surface area (Å²) in [6, 6.07) is 2.64. The minimum Gasteiger partial charge on any atom is -0.289 e. The lowest BCUT2D eigenvalue weighted by Gasteiger charge is -1.92. The van der Waals surface area contributed by atoms with Crippen molar-refractivity contribution in [3.63, 3.8) is 0 Å². The van der Waals surface area contributed by atoms with Crippen LogP contribution in [-0.2, 0) is 4.57 Å². The smallest absolute Gasteiger partial charge is 0.280 e. The molecule has 3 nitrogen and oxygen atoms in total. The van der Waals surface area contributed by atoms with Crippen LogP contribution in [0.4, 0.5) is 10.2 Å². The second-order valence-electron chi connectivity index (χ2n) is 1.56. The molecular formula is C5H4FN2OP. The van der Waals surface area contributed by atoms with Crippen LogP contribution in [0.25, 0.3) is 0 Å². The van der Waals surface area contributed by atoms with Gasteiger partial charge in [-0.25, -0.2) is 13.9 Å². The van der Waals surface area contributed by atoms with Crippen LogP contribution in [0.2, 0.25) is 0 Å². The molecule has 0 saturated carbocycles. The molecule has 1 aromatic rings. The first-order valence-corrected chi connectivity index (χ1v) is 3.34. The monoisotopic (exact) mass is 158 g/mol. The lowest BCUT2D eigenvalue weighted by molar-refractivity contribution is 0.600. The molecule has 0 spiro atoms. The molecular weight excluding hydrogens is 154 g/mol. The van der Waals surface area contributed by atoms with Crippen molar-refractivity contribution in [2.75, 3.05) is 5.09 Å². The highest BCUT2D eigenvalue weighted by atomic mass is 31.1. The number of hydrogen-bond donors (Lipinski definition) is 1. The van der Waals surface area contributed by atoms with Gasteiger partial charge < -0.3 is 0 Å². The molecule has 0 bridgehead atoms. The van der Waals surface area contributed by atoms with Gasteiger partial charge in [0.05, 0.1) is 6.20 Å². The molecule has 1 heterocycles. The molecule has 1 aromatic heterocycles. The fraction of sp³-hybridized carbons (Fsp3) is 0. The van der Waals surface area contributed by atoms with Crippen LogP contribution in [0.5, 0.6) is 0 Å². The number of halogens is 1. The van der Waals surface area contributed by atoms with Crippen molar-refractivity contribution in [2.24, 2.45) is 0 Å². The van der Waals surface area contributed by atoms with Crippen LogP contribution < -0.4 is 5.09 Å². The Balaban J connectivity index is 2.78. The van der Waals surface area contributed by atoms with Gasteiger partial charge in [0.15, 0.2) is 0 Å². The van der Waals surface area contributed by atoms with Crippen molar-refractivity contribution in [3.05, 3.63) is 24.1 Å². The third-order valence-electron chi connectivity index (χ3n) is 0.888. The van der Waals surface area contributed by atoms with E-state index in [1.807, 2.05) is 0 Å². The molecule has 10 heavy (non-hydrogen) atoms. The standard InChI is InChI=1S/C5H4FN2OP/c6-4-1-2-5(7-3-4)8-10-9/h1-3H,(H,7,8,9). The first-order chi connectivity index (χ1) is 4.83. The van der Waals surface area contributed by atoms with Crippen LogP contribution in [-0.4, -0.2) is 4.98 Å². The Labute approximate surface area is 58.5 Å². The average Bonchev–Trinajstić information content (AvgIpc) is 1.95. The quantitative estimate of drug-likeness (QED) is 0.667. The molecule has 0 atom stereocenters. The Kier molecular flexibility index (Phi) is 2.29. The van der Waals surface area contributed by atoms with Gasteiger partial charge in [0.1, 0.15) is 11.6 Å². The highest BCUT2D eigenvalue weighted by Gasteiger charge is 1.91. The molecule has 0 aliphatic rings. The van der Waals surface area contributed by atoms with Gasteiger partial charge in [-0.2, -0.15) is 0 Å². The van der Waals surface area contributed by atoms with E-state index in [2.05, 4.69) is 10.1 Å². The predicted molar refractivity (Wildman–Crippen MR) is 35.4 cm³/mol. The number of nitrogens with zero attached hydrogens (tertiary/aromatic N) is 1. The molecule has 52 valence electrons. The summed E-state index contributed by atoms with van der Waals surface area (Å²) in [5, 5.41) is 2.37. The highest BCUT2D eigenvalue weighted by Crippen LogP contribution is 2.06. The van der Waals surface area contributed by atoms with E-state index in [-0.39, 0.29) is 8.61 Å². The molecule has 1 rings (SSSR count). The van der Waals surface area contributed by atoms with Crippen molar-refractivity contribution < 1.29 is 8.96 Å². The van der Waals surface area contributed by atoms with Crippen LogP contribution in [0.15, 0.2) is 18.3 Å². The largest absolute Gasteiger partial charge is 0.289 e. The third-order valence-corrected chi connectivity index (χ3v) is 1.21. The van der Waals surface area contributed by atoms with E-state index < -0.39 is 5.82 Å². The molecule has 0 radical (unpaired) electrons. The number of pyridine rings is 1. The van der Waals surface area contributed by atoms with Gasteiger partial charge >= 0.3 is 0 Å². The van der Waals surface area contributed by atoms with Crippen LogP contribution >= 0.6 is 8.61 Å². The minimum absolute atomic E-state index is 0.239. The van der Waals surface area contributed by atoms with Crippen molar-refractivity contribution >= 4 is 14.4 Å². The normalized spacial score (nSPS) is 9.70. The molecule has 0 fully saturated rings. The van der Waals surface area contributed by atoms with Crippen LogP contribution in [0.1, 0.15) is 0 Å². The second kappa shape index (κ2) is 3.22. The Morgan fingerprint density at radius 2 is 2.40 bits per heavy atom. The molecule has 0 aromatic carbocycles. The summed E-state index contributed by atoms with van der Waals surface area (Å²) in [7, 11) is -0.239. The third kappa shape index (κ3) is 1.74. The molecule has 0 aliphatic carbocycles. The molecule has 0 amide bonds. The molecule has 5 heteroatoms. The summed E-state index contributed by atoms with van der Waals surface area (Å²) in [6.07, 6.45) is 1.05. The van der Waals surface area contributed by atoms with E-state index in [4.69, 9.17) is 0 Å². The van der Waals surface area contributed by atoms with E-state index in [0.717, 1.165) is 6.20 Å². The van der Waals surface area contributed by atoms with Gasteiger partial charge in [-0.3, -0.25) is 5.09 Å². The van der Waals surface area contributed by atoms with Crippen LogP contribution in [0.3, 0.4) is 0 Å². The van der Waals surface area contributed by atoms with Crippen molar-refractivity contribution in [1.82, 2.24) is 4.98 Å². The van der Waals surface area contributed by atoms with Gasteiger partial charge in [0, 0.05) is 0 Å². The summed E-state index contributed by atoms with van der Waals surface area (Å²) in [4.78, 5) is 3.57. The zero-order valence-corrected chi connectivity index (χ0v) is 5.81. The zero-order valence-electron chi connectivity index (χ0n) is 4.91. The Hall–Kier alpha value is -1.02. The van der Waals surface area contributed by atoms with Crippen molar-refractivity contribution in [3.8, 4) is 0 Å². The summed E-state index contributed by atoms with van der Waals surface area (Å²) in [5.41, 5.74) is 0. The summed E-state index contributed by atoms with van der Waals surface area (Å²) in [5.74, 6) is -0.0221. The fourth-order valence-corrected chi connectivity index (χ4v) is 0.715. The lowest BCUT2D eigenvalue weighted by atomic mass is 10.5. The number of nitrogens with one attached hydrogen (secondary N) is 1. The highest BCUT2D eigenvalue weighted by molar-refractivity contribution is 7.25.